The van der Waals surface area contributed by atoms with Crippen molar-refractivity contribution in [3.63, 3.8) is 0 Å². The van der Waals surface area contributed by atoms with Crippen molar-refractivity contribution in [1.82, 2.24) is 9.88 Å². The molecule has 4 rings (SSSR count). The van der Waals surface area contributed by atoms with Gasteiger partial charge in [-0.15, -0.1) is 0 Å². The number of carbonyl (C=O) groups is 2. The number of hydrogen-bond donors (Lipinski definition) is 1. The quantitative estimate of drug-likeness (QED) is 0.336. The molecule has 0 unspecified atom stereocenters. The zero-order chi connectivity index (χ0) is 24.0. The van der Waals surface area contributed by atoms with Crippen molar-refractivity contribution < 1.29 is 9.59 Å². The van der Waals surface area contributed by atoms with Crippen LogP contribution in [0.3, 0.4) is 0 Å². The van der Waals surface area contributed by atoms with Crippen molar-refractivity contribution in [1.29, 1.82) is 0 Å². The summed E-state index contributed by atoms with van der Waals surface area (Å²) in [5.74, 6) is -0.907. The normalized spacial score (nSPS) is 15.4. The van der Waals surface area contributed by atoms with Gasteiger partial charge in [0.15, 0.2) is 5.11 Å². The number of amides is 2. The van der Waals surface area contributed by atoms with Gasteiger partial charge in [0.05, 0.1) is 11.4 Å². The molecule has 33 heavy (non-hydrogen) atoms. The lowest BCUT2D eigenvalue weighted by atomic mass is 10.0. The maximum absolute atomic E-state index is 13.5. The van der Waals surface area contributed by atoms with Gasteiger partial charge in [-0.1, -0.05) is 35.9 Å². The van der Waals surface area contributed by atoms with Crippen molar-refractivity contribution in [2.75, 3.05) is 4.90 Å². The summed E-state index contributed by atoms with van der Waals surface area (Å²) in [6, 6.07) is 14.0. The van der Waals surface area contributed by atoms with Gasteiger partial charge in [-0.3, -0.25) is 19.8 Å². The van der Waals surface area contributed by atoms with Crippen LogP contribution >= 0.6 is 12.2 Å². The fourth-order valence-electron chi connectivity index (χ4n) is 4.52. The minimum absolute atomic E-state index is 0.0605. The summed E-state index contributed by atoms with van der Waals surface area (Å²) in [5, 5.41) is 2.78. The van der Waals surface area contributed by atoms with Crippen LogP contribution in [0.25, 0.3) is 11.8 Å². The van der Waals surface area contributed by atoms with Crippen molar-refractivity contribution in [2.24, 2.45) is 0 Å². The maximum Gasteiger partial charge on any atom is 0.270 e. The molecule has 1 N–H and O–H groups in total. The summed E-state index contributed by atoms with van der Waals surface area (Å²) in [6.07, 6.45) is 1.67. The van der Waals surface area contributed by atoms with Crippen LogP contribution in [0.1, 0.15) is 39.2 Å². The van der Waals surface area contributed by atoms with Crippen LogP contribution in [-0.4, -0.2) is 21.5 Å². The molecule has 2 heterocycles. The topological polar surface area (TPSA) is 54.3 Å². The lowest BCUT2D eigenvalue weighted by Gasteiger charge is -2.30. The Morgan fingerprint density at radius 3 is 2.18 bits per heavy atom. The highest BCUT2D eigenvalue weighted by molar-refractivity contribution is 7.80. The number of nitrogens with one attached hydrogen (secondary N) is 1. The molecule has 168 valence electrons. The van der Waals surface area contributed by atoms with Crippen molar-refractivity contribution >= 4 is 40.9 Å². The molecule has 0 aliphatic carbocycles. The predicted molar refractivity (Wildman–Crippen MR) is 137 cm³/mol. The SMILES string of the molecule is Cc1ccc(N2C(=O)/C(=C/c3cc(C)n(-c4c(C)cccc4C)c3C)C(=O)NC2=S)c(C)c1. The highest BCUT2D eigenvalue weighted by Crippen LogP contribution is 2.29. The standard InChI is InChI=1S/C27H27N3O2S/c1-15-10-11-23(18(4)12-15)30-26(32)22(25(31)28-27(30)33)14-21-13-19(5)29(20(21)6)24-16(2)8-7-9-17(24)3/h7-14H,1-6H3,(H,28,31,33)/b22-14+. The fraction of sp³-hybridized carbons (Fsp3) is 0.222. The summed E-state index contributed by atoms with van der Waals surface area (Å²) in [6.45, 7) is 12.1. The molecule has 1 fully saturated rings. The van der Waals surface area contributed by atoms with E-state index in [0.29, 0.717) is 5.69 Å². The Balaban J connectivity index is 1.81. The molecule has 1 aliphatic heterocycles. The van der Waals surface area contributed by atoms with E-state index in [1.807, 2.05) is 58.0 Å². The minimum atomic E-state index is -0.483. The zero-order valence-electron chi connectivity index (χ0n) is 19.7. The van der Waals surface area contributed by atoms with E-state index in [1.54, 1.807) is 6.08 Å². The Morgan fingerprint density at radius 1 is 0.879 bits per heavy atom. The number of aryl methyl sites for hydroxylation is 5. The van der Waals surface area contributed by atoms with Gasteiger partial charge in [0.2, 0.25) is 0 Å². The monoisotopic (exact) mass is 457 g/mol. The third kappa shape index (κ3) is 3.91. The average molecular weight is 458 g/mol. The first-order chi connectivity index (χ1) is 15.6. The maximum atomic E-state index is 13.5. The largest absolute Gasteiger partial charge is 0.317 e. The van der Waals surface area contributed by atoms with Gasteiger partial charge >= 0.3 is 0 Å². The summed E-state index contributed by atoms with van der Waals surface area (Å²) in [4.78, 5) is 27.7. The Bertz CT molecular complexity index is 1340. The summed E-state index contributed by atoms with van der Waals surface area (Å²) < 4.78 is 2.18. The lowest BCUT2D eigenvalue weighted by Crippen LogP contribution is -2.54. The molecule has 0 bridgehead atoms. The highest BCUT2D eigenvalue weighted by atomic mass is 32.1. The number of para-hydroxylation sites is 1. The molecule has 1 aliphatic rings. The second-order valence-electron chi connectivity index (χ2n) is 8.65. The molecule has 0 spiro atoms. The van der Waals surface area contributed by atoms with E-state index in [4.69, 9.17) is 12.2 Å². The van der Waals surface area contributed by atoms with Gasteiger partial charge in [-0.05, 0) is 94.2 Å². The molecular weight excluding hydrogens is 430 g/mol. The number of carbonyl (C=O) groups excluding carboxylic acids is 2. The number of aromatic nitrogens is 1. The first-order valence-corrected chi connectivity index (χ1v) is 11.2. The van der Waals surface area contributed by atoms with E-state index in [0.717, 1.165) is 44.9 Å². The predicted octanol–water partition coefficient (Wildman–Crippen LogP) is 5.16. The smallest absolute Gasteiger partial charge is 0.270 e. The Morgan fingerprint density at radius 2 is 1.55 bits per heavy atom. The second kappa shape index (κ2) is 8.45. The molecule has 1 aromatic heterocycles. The third-order valence-corrected chi connectivity index (χ3v) is 6.41. The fourth-order valence-corrected chi connectivity index (χ4v) is 4.80. The number of hydrogen-bond acceptors (Lipinski definition) is 3. The van der Waals surface area contributed by atoms with E-state index in [2.05, 4.69) is 35.9 Å². The van der Waals surface area contributed by atoms with Crippen LogP contribution < -0.4 is 10.2 Å². The molecule has 0 saturated carbocycles. The Kier molecular flexibility index (Phi) is 5.80. The molecule has 0 atom stereocenters. The first kappa shape index (κ1) is 22.7. The molecule has 0 radical (unpaired) electrons. The lowest BCUT2D eigenvalue weighted by molar-refractivity contribution is -0.122. The van der Waals surface area contributed by atoms with Gasteiger partial charge in [-0.25, -0.2) is 0 Å². The van der Waals surface area contributed by atoms with Gasteiger partial charge in [0.25, 0.3) is 11.8 Å². The van der Waals surface area contributed by atoms with E-state index in [1.165, 1.54) is 4.90 Å². The third-order valence-electron chi connectivity index (χ3n) is 6.13. The van der Waals surface area contributed by atoms with Crippen molar-refractivity contribution in [3.05, 3.63) is 87.2 Å². The van der Waals surface area contributed by atoms with Crippen LogP contribution in [0.2, 0.25) is 0 Å². The average Bonchev–Trinajstić information content (AvgIpc) is 3.00. The molecular formula is C27H27N3O2S. The summed E-state index contributed by atoms with van der Waals surface area (Å²) in [5.41, 5.74) is 8.98. The molecule has 2 aromatic carbocycles. The highest BCUT2D eigenvalue weighted by Gasteiger charge is 2.35. The minimum Gasteiger partial charge on any atom is -0.317 e. The van der Waals surface area contributed by atoms with E-state index in [-0.39, 0.29) is 10.7 Å². The van der Waals surface area contributed by atoms with Crippen molar-refractivity contribution in [3.8, 4) is 5.69 Å². The van der Waals surface area contributed by atoms with Crippen LogP contribution in [0.15, 0.2) is 48.0 Å². The van der Waals surface area contributed by atoms with Gasteiger partial charge < -0.3 is 4.57 Å². The number of nitrogens with zero attached hydrogens (tertiary/aromatic N) is 2. The van der Waals surface area contributed by atoms with E-state index < -0.39 is 11.8 Å². The van der Waals surface area contributed by atoms with Gasteiger partial charge in [-0.2, -0.15) is 0 Å². The number of rotatable bonds is 3. The molecule has 3 aromatic rings. The molecule has 5 nitrogen and oxygen atoms in total. The van der Waals surface area contributed by atoms with Crippen LogP contribution in [0.5, 0.6) is 0 Å². The van der Waals surface area contributed by atoms with Crippen molar-refractivity contribution in [2.45, 2.75) is 41.5 Å². The molecule has 6 heteroatoms. The second-order valence-corrected chi connectivity index (χ2v) is 9.04. The zero-order valence-corrected chi connectivity index (χ0v) is 20.6. The summed E-state index contributed by atoms with van der Waals surface area (Å²) >= 11 is 5.36. The Labute approximate surface area is 199 Å². The first-order valence-electron chi connectivity index (χ1n) is 10.8. The van der Waals surface area contributed by atoms with E-state index >= 15 is 0 Å². The Hall–Kier alpha value is -3.51. The molecule has 2 amide bonds. The van der Waals surface area contributed by atoms with E-state index in [9.17, 15) is 9.59 Å². The van der Waals surface area contributed by atoms with Gasteiger partial charge in [0.1, 0.15) is 5.57 Å². The molecule has 1 saturated heterocycles. The van der Waals surface area contributed by atoms with Crippen LogP contribution in [0, 0.1) is 41.5 Å². The number of benzene rings is 2. The number of thiocarbonyl (C=S) groups is 1. The van der Waals surface area contributed by atoms with Gasteiger partial charge in [0, 0.05) is 11.4 Å². The summed E-state index contributed by atoms with van der Waals surface area (Å²) in [7, 11) is 0. The number of anilines is 1. The van der Waals surface area contributed by atoms with Crippen LogP contribution in [-0.2, 0) is 9.59 Å². The van der Waals surface area contributed by atoms with Crippen LogP contribution in [0.4, 0.5) is 5.69 Å².